The van der Waals surface area contributed by atoms with Crippen LogP contribution in [0, 0.1) is 5.82 Å². The normalized spacial score (nSPS) is 11.4. The molecule has 3 N–H and O–H groups in total. The Morgan fingerprint density at radius 1 is 1.14 bits per heavy atom. The SMILES string of the molecule is NCc1cc(Cl)cc(S(=O)(=O)Nc2ccc(F)cc2)c1Cl. The van der Waals surface area contributed by atoms with Crippen molar-refractivity contribution in [3.05, 3.63) is 57.8 Å². The lowest BCUT2D eigenvalue weighted by molar-refractivity contribution is 0.601. The molecule has 8 heteroatoms. The lowest BCUT2D eigenvalue weighted by Gasteiger charge is -2.12. The van der Waals surface area contributed by atoms with E-state index in [0.29, 0.717) is 5.56 Å². The van der Waals surface area contributed by atoms with E-state index in [-0.39, 0.29) is 27.2 Å². The summed E-state index contributed by atoms with van der Waals surface area (Å²) in [6.07, 6.45) is 0. The van der Waals surface area contributed by atoms with E-state index in [0.717, 1.165) is 12.1 Å². The van der Waals surface area contributed by atoms with Crippen molar-refractivity contribution >= 4 is 38.9 Å². The molecule has 0 heterocycles. The van der Waals surface area contributed by atoms with Crippen molar-refractivity contribution in [3.8, 4) is 0 Å². The Bertz CT molecular complexity index is 764. The van der Waals surface area contributed by atoms with Crippen molar-refractivity contribution in [2.45, 2.75) is 11.4 Å². The monoisotopic (exact) mass is 348 g/mol. The van der Waals surface area contributed by atoms with Gasteiger partial charge in [0.25, 0.3) is 10.0 Å². The smallest absolute Gasteiger partial charge is 0.263 e. The quantitative estimate of drug-likeness (QED) is 0.889. The van der Waals surface area contributed by atoms with Crippen molar-refractivity contribution in [2.75, 3.05) is 4.72 Å². The van der Waals surface area contributed by atoms with E-state index >= 15 is 0 Å². The number of nitrogens with two attached hydrogens (primary N) is 1. The zero-order chi connectivity index (χ0) is 15.6. The Labute approximate surface area is 131 Å². The fourth-order valence-corrected chi connectivity index (χ4v) is 3.69. The van der Waals surface area contributed by atoms with Gasteiger partial charge < -0.3 is 5.73 Å². The Morgan fingerprint density at radius 2 is 1.76 bits per heavy atom. The van der Waals surface area contributed by atoms with Crippen molar-refractivity contribution < 1.29 is 12.8 Å². The van der Waals surface area contributed by atoms with Gasteiger partial charge in [-0.1, -0.05) is 23.2 Å². The van der Waals surface area contributed by atoms with Crippen LogP contribution in [0.2, 0.25) is 10.0 Å². The van der Waals surface area contributed by atoms with Crippen LogP contribution in [0.5, 0.6) is 0 Å². The maximum absolute atomic E-state index is 12.8. The molecule has 0 radical (unpaired) electrons. The molecule has 112 valence electrons. The molecule has 0 amide bonds. The standard InChI is InChI=1S/C13H11Cl2FN2O2S/c14-9-5-8(7-17)13(15)12(6-9)21(19,20)18-11-3-1-10(16)2-4-11/h1-6,18H,7,17H2. The molecule has 0 saturated heterocycles. The fourth-order valence-electron chi connectivity index (χ4n) is 1.69. The summed E-state index contributed by atoms with van der Waals surface area (Å²) in [4.78, 5) is -0.179. The molecule has 21 heavy (non-hydrogen) atoms. The summed E-state index contributed by atoms with van der Waals surface area (Å²) in [6.45, 7) is 0.0540. The summed E-state index contributed by atoms with van der Waals surface area (Å²) in [5, 5.41) is 0.218. The van der Waals surface area contributed by atoms with Gasteiger partial charge in [-0.2, -0.15) is 0 Å². The predicted octanol–water partition coefficient (Wildman–Crippen LogP) is 3.39. The topological polar surface area (TPSA) is 72.2 Å². The molecule has 0 bridgehead atoms. The number of benzene rings is 2. The summed E-state index contributed by atoms with van der Waals surface area (Å²) in [7, 11) is -3.96. The summed E-state index contributed by atoms with van der Waals surface area (Å²) in [5.41, 5.74) is 6.13. The van der Waals surface area contributed by atoms with Crippen LogP contribution in [0.3, 0.4) is 0 Å². The van der Waals surface area contributed by atoms with E-state index in [9.17, 15) is 12.8 Å². The zero-order valence-corrected chi connectivity index (χ0v) is 12.9. The van der Waals surface area contributed by atoms with E-state index in [1.54, 1.807) is 0 Å². The first-order chi connectivity index (χ1) is 9.83. The third-order valence-corrected chi connectivity index (χ3v) is 4.87. The lowest BCUT2D eigenvalue weighted by Crippen LogP contribution is -2.14. The average Bonchev–Trinajstić information content (AvgIpc) is 2.43. The Balaban J connectivity index is 2.44. The second kappa shape index (κ2) is 6.19. The molecular formula is C13H11Cl2FN2O2S. The van der Waals surface area contributed by atoms with Gasteiger partial charge in [-0.3, -0.25) is 4.72 Å². The molecule has 2 aromatic rings. The molecular weight excluding hydrogens is 338 g/mol. The third-order valence-electron chi connectivity index (χ3n) is 2.69. The van der Waals surface area contributed by atoms with Gasteiger partial charge in [-0.15, -0.1) is 0 Å². The predicted molar refractivity (Wildman–Crippen MR) is 81.6 cm³/mol. The number of halogens is 3. The molecule has 2 rings (SSSR count). The maximum atomic E-state index is 12.8. The molecule has 0 unspecified atom stereocenters. The third kappa shape index (κ3) is 3.65. The maximum Gasteiger partial charge on any atom is 0.263 e. The van der Waals surface area contributed by atoms with Crippen molar-refractivity contribution in [2.24, 2.45) is 5.73 Å². The van der Waals surface area contributed by atoms with E-state index in [2.05, 4.69) is 4.72 Å². The lowest BCUT2D eigenvalue weighted by atomic mass is 10.2. The average molecular weight is 349 g/mol. The molecule has 0 saturated carbocycles. The second-order valence-electron chi connectivity index (χ2n) is 4.19. The molecule has 0 aliphatic carbocycles. The van der Waals surface area contributed by atoms with Gasteiger partial charge in [0.05, 0.1) is 5.02 Å². The van der Waals surface area contributed by atoms with Gasteiger partial charge in [0.2, 0.25) is 0 Å². The van der Waals surface area contributed by atoms with Crippen LogP contribution >= 0.6 is 23.2 Å². The summed E-state index contributed by atoms with van der Waals surface area (Å²) in [5.74, 6) is -0.468. The Hall–Kier alpha value is -1.34. The van der Waals surface area contributed by atoms with Gasteiger partial charge >= 0.3 is 0 Å². The number of rotatable bonds is 4. The zero-order valence-electron chi connectivity index (χ0n) is 10.6. The highest BCUT2D eigenvalue weighted by molar-refractivity contribution is 7.92. The molecule has 0 aromatic heterocycles. The van der Waals surface area contributed by atoms with Crippen LogP contribution in [0.25, 0.3) is 0 Å². The number of hydrogen-bond donors (Lipinski definition) is 2. The van der Waals surface area contributed by atoms with Crippen LogP contribution in [0.1, 0.15) is 5.56 Å². The number of sulfonamides is 1. The molecule has 4 nitrogen and oxygen atoms in total. The second-order valence-corrected chi connectivity index (χ2v) is 6.66. The molecule has 0 aliphatic heterocycles. The van der Waals surface area contributed by atoms with Gasteiger partial charge in [0.15, 0.2) is 0 Å². The van der Waals surface area contributed by atoms with Gasteiger partial charge in [0.1, 0.15) is 10.7 Å². The minimum atomic E-state index is -3.96. The van der Waals surface area contributed by atoms with Crippen LogP contribution in [0.4, 0.5) is 10.1 Å². The minimum absolute atomic E-state index is 0.0107. The summed E-state index contributed by atoms with van der Waals surface area (Å²) >= 11 is 11.9. The van der Waals surface area contributed by atoms with Crippen LogP contribution in [-0.2, 0) is 16.6 Å². The van der Waals surface area contributed by atoms with Crippen LogP contribution < -0.4 is 10.5 Å². The first kappa shape index (κ1) is 16.0. The van der Waals surface area contributed by atoms with E-state index in [4.69, 9.17) is 28.9 Å². The molecule has 0 spiro atoms. The van der Waals surface area contributed by atoms with Crippen LogP contribution in [-0.4, -0.2) is 8.42 Å². The highest BCUT2D eigenvalue weighted by Crippen LogP contribution is 2.30. The minimum Gasteiger partial charge on any atom is -0.326 e. The summed E-state index contributed by atoms with van der Waals surface area (Å²) < 4.78 is 39.8. The Kier molecular flexibility index (Phi) is 4.73. The first-order valence-electron chi connectivity index (χ1n) is 5.80. The fraction of sp³-hybridized carbons (Fsp3) is 0.0769. The largest absolute Gasteiger partial charge is 0.326 e. The van der Waals surface area contributed by atoms with Crippen molar-refractivity contribution in [1.82, 2.24) is 0 Å². The Morgan fingerprint density at radius 3 is 2.33 bits per heavy atom. The van der Waals surface area contributed by atoms with Crippen molar-refractivity contribution in [1.29, 1.82) is 0 Å². The van der Waals surface area contributed by atoms with E-state index in [1.165, 1.54) is 24.3 Å². The van der Waals surface area contributed by atoms with Gasteiger partial charge in [-0.25, -0.2) is 12.8 Å². The van der Waals surface area contributed by atoms with Crippen LogP contribution in [0.15, 0.2) is 41.3 Å². The molecule has 0 atom stereocenters. The van der Waals surface area contributed by atoms with Gasteiger partial charge in [-0.05, 0) is 42.0 Å². The summed E-state index contributed by atoms with van der Waals surface area (Å²) in [6, 6.07) is 7.62. The number of hydrogen-bond acceptors (Lipinski definition) is 3. The first-order valence-corrected chi connectivity index (χ1v) is 8.04. The van der Waals surface area contributed by atoms with Crippen molar-refractivity contribution in [3.63, 3.8) is 0 Å². The molecule has 0 aliphatic rings. The van der Waals surface area contributed by atoms with Gasteiger partial charge in [0, 0.05) is 17.3 Å². The molecule has 2 aromatic carbocycles. The van der Waals surface area contributed by atoms with E-state index < -0.39 is 15.8 Å². The van der Waals surface area contributed by atoms with E-state index in [1.807, 2.05) is 0 Å². The highest BCUT2D eigenvalue weighted by Gasteiger charge is 2.21. The number of anilines is 1. The number of nitrogens with one attached hydrogen (secondary N) is 1. The molecule has 0 fully saturated rings. The highest BCUT2D eigenvalue weighted by atomic mass is 35.5.